The lowest BCUT2D eigenvalue weighted by Crippen LogP contribution is -2.48. The number of carbonyl (C=O) groups excluding carboxylic acids is 3. The Balaban J connectivity index is 0.000000173. The summed E-state index contributed by atoms with van der Waals surface area (Å²) < 4.78 is 0. The van der Waals surface area contributed by atoms with Gasteiger partial charge in [-0.1, -0.05) is 108 Å². The average Bonchev–Trinajstić information content (AvgIpc) is 3.54. The van der Waals surface area contributed by atoms with Gasteiger partial charge in [0.2, 0.25) is 0 Å². The third-order valence-corrected chi connectivity index (χ3v) is 11.7. The fourth-order valence-electron chi connectivity index (χ4n) is 7.54. The van der Waals surface area contributed by atoms with Gasteiger partial charge in [0.15, 0.2) is 22.8 Å². The van der Waals surface area contributed by atoms with Gasteiger partial charge in [0.1, 0.15) is 0 Å². The molecule has 3 amide bonds. The van der Waals surface area contributed by atoms with Crippen LogP contribution in [0.3, 0.4) is 0 Å². The second kappa shape index (κ2) is 19.3. The molecule has 0 bridgehead atoms. The lowest BCUT2D eigenvalue weighted by molar-refractivity contribution is -0.00721. The van der Waals surface area contributed by atoms with E-state index in [0.29, 0.717) is 80.2 Å². The number of fused-ring (bicyclic) bond motifs is 1. The molecule has 2 N–H and O–H groups in total. The maximum Gasteiger partial charge on any atom is 0.357 e. The second-order valence-electron chi connectivity index (χ2n) is 15.0. The molecule has 0 radical (unpaired) electrons. The van der Waals surface area contributed by atoms with E-state index < -0.39 is 29.4 Å². The van der Waals surface area contributed by atoms with Crippen molar-refractivity contribution in [2.24, 2.45) is 0 Å². The lowest BCUT2D eigenvalue weighted by atomic mass is 10.0. The molecule has 17 heteroatoms. The number of amides is 3. The van der Waals surface area contributed by atoms with Crippen molar-refractivity contribution in [1.29, 1.82) is 0 Å². The molecule has 320 valence electrons. The molecule has 3 aliphatic rings. The molecule has 13 nitrogen and oxygen atoms in total. The molecular formula is C46H38Cl4N8O5. The first-order valence-electron chi connectivity index (χ1n) is 20.3. The number of hydrazine groups is 2. The van der Waals surface area contributed by atoms with Gasteiger partial charge in [0, 0.05) is 68.5 Å². The van der Waals surface area contributed by atoms with E-state index in [1.807, 2.05) is 24.3 Å². The molecule has 0 unspecified atom stereocenters. The zero-order valence-electron chi connectivity index (χ0n) is 33.5. The number of piperidine rings is 2. The number of halogens is 4. The maximum atomic E-state index is 13.2. The minimum Gasteiger partial charge on any atom is -0.476 e. The number of carboxylic acid groups (broad SMARTS) is 1. The number of nitrogens with one attached hydrogen (secondary N) is 1. The van der Waals surface area contributed by atoms with Crippen molar-refractivity contribution in [3.8, 4) is 45.0 Å². The van der Waals surface area contributed by atoms with E-state index in [2.05, 4.69) is 25.4 Å². The molecule has 0 aliphatic carbocycles. The summed E-state index contributed by atoms with van der Waals surface area (Å²) in [6.07, 6.45) is 6.01. The summed E-state index contributed by atoms with van der Waals surface area (Å²) in [6.45, 7) is 2.74. The first-order chi connectivity index (χ1) is 30.4. The summed E-state index contributed by atoms with van der Waals surface area (Å²) in [4.78, 5) is 69.5. The third-order valence-electron chi connectivity index (χ3n) is 10.7. The number of benzene rings is 4. The van der Waals surface area contributed by atoms with E-state index in [9.17, 15) is 24.3 Å². The molecule has 0 spiro atoms. The van der Waals surface area contributed by atoms with E-state index in [1.54, 1.807) is 82.8 Å². The average molecular weight is 925 g/mol. The number of carbonyl (C=O) groups is 4. The van der Waals surface area contributed by atoms with Gasteiger partial charge in [-0.15, -0.1) is 0 Å². The normalized spacial score (nSPS) is 15.4. The van der Waals surface area contributed by atoms with Crippen molar-refractivity contribution in [2.75, 3.05) is 26.2 Å². The van der Waals surface area contributed by atoms with E-state index >= 15 is 0 Å². The van der Waals surface area contributed by atoms with Crippen molar-refractivity contribution < 1.29 is 24.3 Å². The Morgan fingerprint density at radius 3 is 1.16 bits per heavy atom. The Morgan fingerprint density at radius 1 is 0.460 bits per heavy atom. The minimum atomic E-state index is -1.33. The molecule has 9 rings (SSSR count). The fourth-order valence-corrected chi connectivity index (χ4v) is 8.05. The quantitative estimate of drug-likeness (QED) is 0.140. The van der Waals surface area contributed by atoms with Crippen LogP contribution in [-0.2, 0) is 0 Å². The van der Waals surface area contributed by atoms with Crippen molar-refractivity contribution in [1.82, 2.24) is 40.4 Å². The van der Waals surface area contributed by atoms with Gasteiger partial charge in [0.05, 0.1) is 22.8 Å². The highest BCUT2D eigenvalue weighted by atomic mass is 35.5. The summed E-state index contributed by atoms with van der Waals surface area (Å²) in [7, 11) is 0. The molecular weight excluding hydrogens is 886 g/mol. The number of aromatic carboxylic acids is 1. The highest BCUT2D eigenvalue weighted by molar-refractivity contribution is 6.31. The van der Waals surface area contributed by atoms with Gasteiger partial charge >= 0.3 is 5.97 Å². The molecule has 4 aromatic carbocycles. The van der Waals surface area contributed by atoms with E-state index in [-0.39, 0.29) is 17.1 Å². The number of rotatable bonds is 8. The van der Waals surface area contributed by atoms with Crippen LogP contribution >= 0.6 is 46.4 Å². The summed E-state index contributed by atoms with van der Waals surface area (Å²) in [6, 6.07) is 28.0. The molecule has 3 aliphatic heterocycles. The van der Waals surface area contributed by atoms with Crippen molar-refractivity contribution >= 4 is 70.1 Å². The predicted molar refractivity (Wildman–Crippen MR) is 242 cm³/mol. The second-order valence-corrected chi connectivity index (χ2v) is 16.7. The molecule has 0 saturated carbocycles. The van der Waals surface area contributed by atoms with Crippen LogP contribution in [0, 0.1) is 0 Å². The summed E-state index contributed by atoms with van der Waals surface area (Å²) in [5.41, 5.74) is 6.78. The standard InChI is InChI=1S/C23H20Cl2N4O3.C23H18Cl2N4O2/c24-16-8-4-14(5-9-16)18-19(15-6-10-17(25)11-7-15)27-21(23(31)32)20(26-18)22(30)28-29-12-2-1-3-13-29;24-16-8-4-14(5-9-16)18-19(15-6-10-17(25)11-7-15)27-21-20(26-18)22(30)29(23(21)31)28-12-2-1-3-13-28/h4-11H,1-3,12-13H2,(H,28,30)(H,31,32);4-11H,1-3,12-13H2. The Labute approximate surface area is 382 Å². The highest BCUT2D eigenvalue weighted by Gasteiger charge is 2.43. The summed E-state index contributed by atoms with van der Waals surface area (Å²) >= 11 is 24.2. The van der Waals surface area contributed by atoms with Crippen LogP contribution in [-0.4, -0.2) is 89.9 Å². The minimum absolute atomic E-state index is 0.0817. The number of hydrogen-bond donors (Lipinski definition) is 2. The number of carboxylic acids is 1. The summed E-state index contributed by atoms with van der Waals surface area (Å²) in [5.74, 6) is -2.78. The van der Waals surface area contributed by atoms with Crippen LogP contribution in [0.15, 0.2) is 97.1 Å². The van der Waals surface area contributed by atoms with Crippen LogP contribution in [0.4, 0.5) is 0 Å². The maximum absolute atomic E-state index is 13.2. The molecule has 6 aromatic rings. The first kappa shape index (κ1) is 43.8. The Morgan fingerprint density at radius 2 is 0.794 bits per heavy atom. The van der Waals surface area contributed by atoms with Gasteiger partial charge < -0.3 is 5.11 Å². The Hall–Kier alpha value is -5.80. The topological polar surface area (TPSA) is 162 Å². The lowest BCUT2D eigenvalue weighted by Gasteiger charge is -2.32. The first-order valence-corrected chi connectivity index (χ1v) is 21.8. The Kier molecular flexibility index (Phi) is 13.4. The van der Waals surface area contributed by atoms with E-state index in [1.165, 1.54) is 5.01 Å². The molecule has 0 atom stereocenters. The number of imide groups is 1. The predicted octanol–water partition coefficient (Wildman–Crippen LogP) is 10.1. The van der Waals surface area contributed by atoms with Crippen molar-refractivity contribution in [3.05, 3.63) is 140 Å². The smallest absolute Gasteiger partial charge is 0.357 e. The van der Waals surface area contributed by atoms with Gasteiger partial charge in [0.25, 0.3) is 17.7 Å². The van der Waals surface area contributed by atoms with Gasteiger partial charge in [-0.2, -0.15) is 5.01 Å². The number of hydrogen-bond acceptors (Lipinski definition) is 10. The van der Waals surface area contributed by atoms with Crippen LogP contribution in [0.5, 0.6) is 0 Å². The number of nitrogens with zero attached hydrogens (tertiary/aromatic N) is 7. The van der Waals surface area contributed by atoms with Gasteiger partial charge in [-0.25, -0.2) is 34.7 Å². The molecule has 2 aromatic heterocycles. The van der Waals surface area contributed by atoms with Gasteiger partial charge in [-0.3, -0.25) is 19.8 Å². The van der Waals surface area contributed by atoms with Crippen LogP contribution in [0.2, 0.25) is 20.1 Å². The highest BCUT2D eigenvalue weighted by Crippen LogP contribution is 2.35. The fraction of sp³-hybridized carbons (Fsp3) is 0.217. The van der Waals surface area contributed by atoms with Crippen LogP contribution in [0.25, 0.3) is 45.0 Å². The molecule has 2 fully saturated rings. The van der Waals surface area contributed by atoms with E-state index in [4.69, 9.17) is 46.4 Å². The zero-order chi connectivity index (χ0) is 44.2. The van der Waals surface area contributed by atoms with E-state index in [0.717, 1.165) is 49.7 Å². The van der Waals surface area contributed by atoms with Crippen molar-refractivity contribution in [2.45, 2.75) is 38.5 Å². The summed E-state index contributed by atoms with van der Waals surface area (Å²) in [5, 5.41) is 16.9. The third kappa shape index (κ3) is 9.74. The number of aromatic nitrogens is 4. The molecule has 2 saturated heterocycles. The monoisotopic (exact) mass is 922 g/mol. The van der Waals surface area contributed by atoms with Crippen molar-refractivity contribution in [3.63, 3.8) is 0 Å². The zero-order valence-corrected chi connectivity index (χ0v) is 36.6. The van der Waals surface area contributed by atoms with Gasteiger partial charge in [-0.05, 0) is 74.2 Å². The van der Waals surface area contributed by atoms with Crippen LogP contribution < -0.4 is 5.43 Å². The SMILES string of the molecule is O=C(O)c1nc(-c2ccc(Cl)cc2)c(-c2ccc(Cl)cc2)nc1C(=O)NN1CCCCC1.O=C1c2nc(-c3ccc(Cl)cc3)c(-c3ccc(Cl)cc3)nc2C(=O)N1N1CCCCC1. The Bertz CT molecular complexity index is 2610. The molecule has 63 heavy (non-hydrogen) atoms. The largest absolute Gasteiger partial charge is 0.476 e. The van der Waals surface area contributed by atoms with Crippen LogP contribution in [0.1, 0.15) is 80.5 Å². The molecule has 5 heterocycles.